The molecule has 0 amide bonds. The van der Waals surface area contributed by atoms with Crippen LogP contribution in [0.1, 0.15) is 0 Å². The molecule has 0 saturated heterocycles. The highest BCUT2D eigenvalue weighted by Crippen LogP contribution is 2.43. The molecule has 50 heavy (non-hydrogen) atoms. The summed E-state index contributed by atoms with van der Waals surface area (Å²) in [7, 11) is 0. The summed E-state index contributed by atoms with van der Waals surface area (Å²) in [4.78, 5) is 20.3. The summed E-state index contributed by atoms with van der Waals surface area (Å²) in [5.41, 5.74) is 7.34. The van der Waals surface area contributed by atoms with E-state index in [0.717, 1.165) is 43.7 Å². The van der Waals surface area contributed by atoms with Crippen LogP contribution >= 0.6 is 22.7 Å². The lowest BCUT2D eigenvalue weighted by molar-refractivity contribution is 1.08. The molecule has 0 N–H and O–H groups in total. The van der Waals surface area contributed by atoms with Crippen LogP contribution in [0.2, 0.25) is 0 Å². The Balaban J connectivity index is 1.12. The third-order valence-corrected chi connectivity index (χ3v) is 11.3. The van der Waals surface area contributed by atoms with Crippen LogP contribution in [0.15, 0.2) is 158 Å². The Labute approximate surface area is 296 Å². The number of thiophene rings is 1. The van der Waals surface area contributed by atoms with E-state index in [1.807, 2.05) is 24.3 Å². The Hall–Kier alpha value is -6.08. The van der Waals surface area contributed by atoms with Crippen LogP contribution in [-0.2, 0) is 0 Å². The Morgan fingerprint density at radius 2 is 1.00 bits per heavy atom. The van der Waals surface area contributed by atoms with Crippen molar-refractivity contribution in [2.45, 2.75) is 0 Å². The molecule has 6 heteroatoms. The molecule has 0 atom stereocenters. The minimum atomic E-state index is 0.643. The molecule has 0 bridgehead atoms. The van der Waals surface area contributed by atoms with E-state index in [9.17, 15) is 0 Å². The lowest BCUT2D eigenvalue weighted by Gasteiger charge is -2.10. The van der Waals surface area contributed by atoms with E-state index in [1.165, 1.54) is 35.8 Å². The highest BCUT2D eigenvalue weighted by atomic mass is 32.1. The molecule has 7 aromatic carbocycles. The van der Waals surface area contributed by atoms with Crippen molar-refractivity contribution < 1.29 is 0 Å². The number of hydrogen-bond donors (Lipinski definition) is 0. The molecule has 4 nitrogen and oxygen atoms in total. The van der Waals surface area contributed by atoms with Gasteiger partial charge in [0.15, 0.2) is 17.5 Å². The third-order valence-electron chi connectivity index (χ3n) is 9.16. The standard InChI is InChI=1S/C44H26N4S2/c1-3-11-29(12-4-1)41-46-42(30-21-18-28(19-22-30)33-23-20-27-10-7-8-15-32(27)24-33)48-43(47-41)34-16-9-17-37-40(34)35-25-36-39(26-38(35)49-37)50-44(45-36)31-13-5-2-6-14-31/h1-26H. The molecule has 0 saturated carbocycles. The summed E-state index contributed by atoms with van der Waals surface area (Å²) in [6.07, 6.45) is 0. The molecule has 0 aliphatic rings. The predicted octanol–water partition coefficient (Wildman–Crippen LogP) is 12.3. The number of aromatic nitrogens is 4. The SMILES string of the molecule is c1ccc(-c2nc(-c3ccc(-c4ccc5ccccc5c4)cc3)nc(-c3cccc4sc5cc6sc(-c7ccccc7)nc6cc5c34)n2)cc1. The molecule has 3 aromatic heterocycles. The zero-order chi connectivity index (χ0) is 33.0. The van der Waals surface area contributed by atoms with Gasteiger partial charge in [0.2, 0.25) is 0 Å². The van der Waals surface area contributed by atoms with Crippen LogP contribution in [0, 0.1) is 0 Å². The first kappa shape index (κ1) is 28.9. The van der Waals surface area contributed by atoms with Crippen LogP contribution in [-0.4, -0.2) is 19.9 Å². The smallest absolute Gasteiger partial charge is 0.164 e. The predicted molar refractivity (Wildman–Crippen MR) is 211 cm³/mol. The average Bonchev–Trinajstić information content (AvgIpc) is 3.78. The summed E-state index contributed by atoms with van der Waals surface area (Å²) < 4.78 is 3.61. The molecule has 0 fully saturated rings. The van der Waals surface area contributed by atoms with Gasteiger partial charge in [-0.15, -0.1) is 22.7 Å². The topological polar surface area (TPSA) is 51.6 Å². The third kappa shape index (κ3) is 5.05. The normalized spacial score (nSPS) is 11.6. The fourth-order valence-electron chi connectivity index (χ4n) is 6.66. The van der Waals surface area contributed by atoms with Crippen LogP contribution < -0.4 is 0 Å². The molecular formula is C44H26N4S2. The molecular weight excluding hydrogens is 649 g/mol. The van der Waals surface area contributed by atoms with Gasteiger partial charge in [-0.2, -0.15) is 0 Å². The van der Waals surface area contributed by atoms with Crippen LogP contribution in [0.5, 0.6) is 0 Å². The van der Waals surface area contributed by atoms with E-state index in [2.05, 4.69) is 133 Å². The number of fused-ring (bicyclic) bond motifs is 5. The second kappa shape index (κ2) is 11.8. The van der Waals surface area contributed by atoms with Crippen molar-refractivity contribution in [3.63, 3.8) is 0 Å². The first-order valence-electron chi connectivity index (χ1n) is 16.5. The van der Waals surface area contributed by atoms with Gasteiger partial charge in [0.25, 0.3) is 0 Å². The number of nitrogens with zero attached hydrogens (tertiary/aromatic N) is 4. The maximum absolute atomic E-state index is 5.15. The zero-order valence-corrected chi connectivity index (χ0v) is 28.2. The molecule has 0 aliphatic carbocycles. The average molecular weight is 675 g/mol. The monoisotopic (exact) mass is 674 g/mol. The largest absolute Gasteiger partial charge is 0.236 e. The van der Waals surface area contributed by atoms with Gasteiger partial charge in [-0.05, 0) is 46.2 Å². The molecule has 3 heterocycles. The van der Waals surface area contributed by atoms with E-state index in [0.29, 0.717) is 17.5 Å². The van der Waals surface area contributed by atoms with Gasteiger partial charge < -0.3 is 0 Å². The van der Waals surface area contributed by atoms with Crippen molar-refractivity contribution in [3.8, 4) is 55.9 Å². The Bertz CT molecular complexity index is 2860. The number of hydrogen-bond acceptors (Lipinski definition) is 6. The molecule has 10 aromatic rings. The minimum Gasteiger partial charge on any atom is -0.236 e. The fraction of sp³-hybridized carbons (Fsp3) is 0. The Morgan fingerprint density at radius 1 is 0.360 bits per heavy atom. The van der Waals surface area contributed by atoms with E-state index in [4.69, 9.17) is 19.9 Å². The second-order valence-corrected chi connectivity index (χ2v) is 14.4. The van der Waals surface area contributed by atoms with Gasteiger partial charge in [-0.1, -0.05) is 133 Å². The lowest BCUT2D eigenvalue weighted by Crippen LogP contribution is -2.00. The first-order chi connectivity index (χ1) is 24.7. The Morgan fingerprint density at radius 3 is 1.78 bits per heavy atom. The summed E-state index contributed by atoms with van der Waals surface area (Å²) in [5, 5.41) is 5.81. The van der Waals surface area contributed by atoms with Crippen molar-refractivity contribution in [2.24, 2.45) is 0 Å². The molecule has 0 spiro atoms. The second-order valence-electron chi connectivity index (χ2n) is 12.3. The number of benzene rings is 7. The lowest BCUT2D eigenvalue weighted by atomic mass is 10.00. The fourth-order valence-corrected chi connectivity index (χ4v) is 8.88. The summed E-state index contributed by atoms with van der Waals surface area (Å²) in [6.45, 7) is 0. The maximum atomic E-state index is 5.15. The minimum absolute atomic E-state index is 0.643. The van der Waals surface area contributed by atoms with Gasteiger partial charge in [0.1, 0.15) is 5.01 Å². The van der Waals surface area contributed by atoms with Crippen molar-refractivity contribution in [3.05, 3.63) is 158 Å². The molecule has 0 unspecified atom stereocenters. The van der Waals surface area contributed by atoms with Crippen molar-refractivity contribution >= 4 is 63.8 Å². The van der Waals surface area contributed by atoms with Crippen LogP contribution in [0.25, 0.3) is 97.0 Å². The summed E-state index contributed by atoms with van der Waals surface area (Å²) >= 11 is 3.54. The number of thiazole rings is 1. The highest BCUT2D eigenvalue weighted by Gasteiger charge is 2.18. The summed E-state index contributed by atoms with van der Waals surface area (Å²) in [5.74, 6) is 1.95. The molecule has 0 aliphatic heterocycles. The van der Waals surface area contributed by atoms with Gasteiger partial charge in [-0.3, -0.25) is 0 Å². The van der Waals surface area contributed by atoms with Gasteiger partial charge >= 0.3 is 0 Å². The van der Waals surface area contributed by atoms with E-state index < -0.39 is 0 Å². The number of rotatable bonds is 5. The van der Waals surface area contributed by atoms with E-state index >= 15 is 0 Å². The van der Waals surface area contributed by atoms with Gasteiger partial charge in [-0.25, -0.2) is 19.9 Å². The van der Waals surface area contributed by atoms with Gasteiger partial charge in [0, 0.05) is 42.4 Å². The highest BCUT2D eigenvalue weighted by molar-refractivity contribution is 7.26. The van der Waals surface area contributed by atoms with Crippen molar-refractivity contribution in [1.82, 2.24) is 19.9 Å². The molecule has 10 rings (SSSR count). The van der Waals surface area contributed by atoms with Crippen molar-refractivity contribution in [1.29, 1.82) is 0 Å². The molecule has 0 radical (unpaired) electrons. The maximum Gasteiger partial charge on any atom is 0.164 e. The van der Waals surface area contributed by atoms with Gasteiger partial charge in [0.05, 0.1) is 10.2 Å². The Kier molecular flexibility index (Phi) is 6.82. The van der Waals surface area contributed by atoms with Crippen LogP contribution in [0.4, 0.5) is 0 Å². The molecule has 234 valence electrons. The van der Waals surface area contributed by atoms with Crippen LogP contribution in [0.3, 0.4) is 0 Å². The van der Waals surface area contributed by atoms with E-state index in [-0.39, 0.29) is 0 Å². The van der Waals surface area contributed by atoms with E-state index in [1.54, 1.807) is 22.7 Å². The zero-order valence-electron chi connectivity index (χ0n) is 26.6. The van der Waals surface area contributed by atoms with Crippen molar-refractivity contribution in [2.75, 3.05) is 0 Å². The summed E-state index contributed by atoms with van der Waals surface area (Å²) in [6, 6.07) is 55.1. The quantitative estimate of drug-likeness (QED) is 0.182. The first-order valence-corrected chi connectivity index (χ1v) is 18.1.